The highest BCUT2D eigenvalue weighted by Gasteiger charge is 2.15. The van der Waals surface area contributed by atoms with Gasteiger partial charge in [-0.15, -0.1) is 0 Å². The van der Waals surface area contributed by atoms with Crippen molar-refractivity contribution >= 4 is 47.2 Å². The number of carbonyl (C=O) groups excluding carboxylic acids is 3. The van der Waals surface area contributed by atoms with E-state index in [1.807, 2.05) is 0 Å². The van der Waals surface area contributed by atoms with E-state index in [9.17, 15) is 14.4 Å². The van der Waals surface area contributed by atoms with Crippen LogP contribution in [0.1, 0.15) is 26.3 Å². The topological polar surface area (TPSA) is 106 Å². The Morgan fingerprint density at radius 2 is 1.76 bits per heavy atom. The summed E-state index contributed by atoms with van der Waals surface area (Å²) in [7, 11) is 1.42. The van der Waals surface area contributed by atoms with E-state index in [1.165, 1.54) is 25.5 Å². The molecule has 0 fully saturated rings. The van der Waals surface area contributed by atoms with E-state index in [0.717, 1.165) is 0 Å². The SMILES string of the molecule is COc1cc(/C=N/NC(=O)CNC(=O)c2cccc(Cl)c2)ccc1OC(=O)c1ccccc1Cl. The van der Waals surface area contributed by atoms with Crippen LogP contribution in [0.4, 0.5) is 0 Å². The molecule has 0 aromatic heterocycles. The van der Waals surface area contributed by atoms with Crippen LogP contribution in [-0.2, 0) is 4.79 Å². The zero-order valence-electron chi connectivity index (χ0n) is 17.9. The molecule has 2 amide bonds. The van der Waals surface area contributed by atoms with Crippen molar-refractivity contribution in [1.29, 1.82) is 0 Å². The zero-order chi connectivity index (χ0) is 24.5. The van der Waals surface area contributed by atoms with Crippen molar-refractivity contribution in [3.8, 4) is 11.5 Å². The Morgan fingerprint density at radius 1 is 0.971 bits per heavy atom. The Kier molecular flexibility index (Phi) is 8.61. The molecule has 2 N–H and O–H groups in total. The summed E-state index contributed by atoms with van der Waals surface area (Å²) in [5.74, 6) is -1.11. The number of halogens is 2. The number of esters is 1. The monoisotopic (exact) mass is 499 g/mol. The van der Waals surface area contributed by atoms with Crippen molar-refractivity contribution in [2.75, 3.05) is 13.7 Å². The Morgan fingerprint density at radius 3 is 2.50 bits per heavy atom. The third kappa shape index (κ3) is 6.81. The number of nitrogens with one attached hydrogen (secondary N) is 2. The zero-order valence-corrected chi connectivity index (χ0v) is 19.4. The molecular formula is C24H19Cl2N3O5. The molecule has 3 rings (SSSR count). The maximum Gasteiger partial charge on any atom is 0.345 e. The Labute approximate surface area is 205 Å². The molecule has 0 unspecified atom stereocenters. The molecule has 0 aliphatic heterocycles. The average molecular weight is 500 g/mol. The molecule has 8 nitrogen and oxygen atoms in total. The number of nitrogens with zero attached hydrogens (tertiary/aromatic N) is 1. The maximum atomic E-state index is 12.4. The van der Waals surface area contributed by atoms with E-state index in [2.05, 4.69) is 15.8 Å². The summed E-state index contributed by atoms with van der Waals surface area (Å²) < 4.78 is 10.7. The highest BCUT2D eigenvalue weighted by molar-refractivity contribution is 6.33. The van der Waals surface area contributed by atoms with E-state index in [4.69, 9.17) is 32.7 Å². The van der Waals surface area contributed by atoms with Gasteiger partial charge in [0.15, 0.2) is 11.5 Å². The molecule has 3 aromatic rings. The minimum Gasteiger partial charge on any atom is -0.493 e. The molecule has 0 atom stereocenters. The van der Waals surface area contributed by atoms with E-state index in [0.29, 0.717) is 16.1 Å². The van der Waals surface area contributed by atoms with Gasteiger partial charge in [0, 0.05) is 10.6 Å². The predicted octanol–water partition coefficient (Wildman–Crippen LogP) is 4.10. The number of hydrazone groups is 1. The lowest BCUT2D eigenvalue weighted by molar-refractivity contribution is -0.120. The van der Waals surface area contributed by atoms with Crippen molar-refractivity contribution < 1.29 is 23.9 Å². The second-order valence-corrected chi connectivity index (χ2v) is 7.61. The van der Waals surface area contributed by atoms with Crippen LogP contribution in [0.15, 0.2) is 71.8 Å². The largest absolute Gasteiger partial charge is 0.493 e. The lowest BCUT2D eigenvalue weighted by Crippen LogP contribution is -2.34. The fraction of sp³-hybridized carbons (Fsp3) is 0.0833. The molecule has 3 aromatic carbocycles. The molecule has 0 saturated heterocycles. The van der Waals surface area contributed by atoms with Crippen molar-refractivity contribution in [2.45, 2.75) is 0 Å². The van der Waals surface area contributed by atoms with E-state index in [-0.39, 0.29) is 28.6 Å². The van der Waals surface area contributed by atoms with Gasteiger partial charge >= 0.3 is 5.97 Å². The lowest BCUT2D eigenvalue weighted by Gasteiger charge is -2.10. The molecule has 0 aliphatic rings. The van der Waals surface area contributed by atoms with Gasteiger partial charge in [-0.1, -0.05) is 41.4 Å². The molecular weight excluding hydrogens is 481 g/mol. The summed E-state index contributed by atoms with van der Waals surface area (Å²) in [5.41, 5.74) is 3.44. The molecule has 0 heterocycles. The van der Waals surface area contributed by atoms with Crippen molar-refractivity contribution in [3.05, 3.63) is 93.5 Å². The average Bonchev–Trinajstić information content (AvgIpc) is 2.83. The van der Waals surface area contributed by atoms with Crippen LogP contribution in [0.2, 0.25) is 10.0 Å². The van der Waals surface area contributed by atoms with Crippen LogP contribution < -0.4 is 20.2 Å². The van der Waals surface area contributed by atoms with Gasteiger partial charge in [0.05, 0.1) is 30.5 Å². The van der Waals surface area contributed by atoms with Gasteiger partial charge in [-0.25, -0.2) is 10.2 Å². The van der Waals surface area contributed by atoms with Gasteiger partial charge in [0.1, 0.15) is 0 Å². The standard InChI is InChI=1S/C24H19Cl2N3O5/c1-33-21-11-15(9-10-20(21)34-24(32)18-7-2-3-8-19(18)26)13-28-29-22(30)14-27-23(31)16-5-4-6-17(25)12-16/h2-13H,14H2,1H3,(H,27,31)(H,29,30)/b28-13+. The second kappa shape index (κ2) is 11.8. The van der Waals surface area contributed by atoms with Crippen LogP contribution in [0.3, 0.4) is 0 Å². The Balaban J connectivity index is 1.55. The van der Waals surface area contributed by atoms with Gasteiger partial charge in [-0.05, 0) is 54.1 Å². The highest BCUT2D eigenvalue weighted by atomic mass is 35.5. The molecule has 10 heteroatoms. The molecule has 0 saturated carbocycles. The summed E-state index contributed by atoms with van der Waals surface area (Å²) in [6.45, 7) is -0.275. The van der Waals surface area contributed by atoms with Gasteiger partial charge in [0.25, 0.3) is 11.8 Å². The number of hydrogen-bond donors (Lipinski definition) is 2. The smallest absolute Gasteiger partial charge is 0.345 e. The maximum absolute atomic E-state index is 12.4. The number of rotatable bonds is 8. The second-order valence-electron chi connectivity index (χ2n) is 6.77. The van der Waals surface area contributed by atoms with Gasteiger partial charge in [0.2, 0.25) is 0 Å². The van der Waals surface area contributed by atoms with Crippen LogP contribution >= 0.6 is 23.2 Å². The predicted molar refractivity (Wildman–Crippen MR) is 129 cm³/mol. The number of methoxy groups -OCH3 is 1. The molecule has 34 heavy (non-hydrogen) atoms. The first-order valence-corrected chi connectivity index (χ1v) is 10.6. The summed E-state index contributed by atoms with van der Waals surface area (Å²) in [6, 6.07) is 17.6. The number of hydrogen-bond acceptors (Lipinski definition) is 6. The van der Waals surface area contributed by atoms with Crippen LogP contribution in [0.5, 0.6) is 11.5 Å². The first kappa shape index (κ1) is 24.8. The third-order valence-corrected chi connectivity index (χ3v) is 4.95. The molecule has 0 aliphatic carbocycles. The van der Waals surface area contributed by atoms with E-state index < -0.39 is 17.8 Å². The number of amides is 2. The third-order valence-electron chi connectivity index (χ3n) is 4.38. The van der Waals surface area contributed by atoms with Crippen molar-refractivity contribution in [2.24, 2.45) is 5.10 Å². The summed E-state index contributed by atoms with van der Waals surface area (Å²) >= 11 is 11.9. The normalized spacial score (nSPS) is 10.6. The quantitative estimate of drug-likeness (QED) is 0.210. The molecule has 174 valence electrons. The van der Waals surface area contributed by atoms with Gasteiger partial charge < -0.3 is 14.8 Å². The summed E-state index contributed by atoms with van der Waals surface area (Å²) in [5, 5.41) is 7.02. The number of ether oxygens (including phenoxy) is 2. The van der Waals surface area contributed by atoms with Crippen molar-refractivity contribution in [3.63, 3.8) is 0 Å². The molecule has 0 spiro atoms. The van der Waals surface area contributed by atoms with Gasteiger partial charge in [-0.3, -0.25) is 9.59 Å². The van der Waals surface area contributed by atoms with E-state index in [1.54, 1.807) is 54.6 Å². The number of benzene rings is 3. The lowest BCUT2D eigenvalue weighted by atomic mass is 10.2. The summed E-state index contributed by atoms with van der Waals surface area (Å²) in [4.78, 5) is 36.4. The first-order chi connectivity index (χ1) is 16.4. The van der Waals surface area contributed by atoms with E-state index >= 15 is 0 Å². The highest BCUT2D eigenvalue weighted by Crippen LogP contribution is 2.29. The van der Waals surface area contributed by atoms with Gasteiger partial charge in [-0.2, -0.15) is 5.10 Å². The molecule has 0 radical (unpaired) electrons. The minimum absolute atomic E-state index is 0.192. The summed E-state index contributed by atoms with van der Waals surface area (Å²) in [6.07, 6.45) is 1.37. The Bertz CT molecular complexity index is 1250. The fourth-order valence-corrected chi connectivity index (χ4v) is 3.14. The van der Waals surface area contributed by atoms with Crippen molar-refractivity contribution in [1.82, 2.24) is 10.7 Å². The van der Waals surface area contributed by atoms with Crippen LogP contribution in [-0.4, -0.2) is 37.7 Å². The van der Waals surface area contributed by atoms with Crippen LogP contribution in [0, 0.1) is 0 Å². The number of carbonyl (C=O) groups is 3. The first-order valence-electron chi connectivity index (χ1n) is 9.88. The molecule has 0 bridgehead atoms. The fourth-order valence-electron chi connectivity index (χ4n) is 2.74. The van der Waals surface area contributed by atoms with Crippen LogP contribution in [0.25, 0.3) is 0 Å². The minimum atomic E-state index is -0.627. The Hall–Kier alpha value is -3.88.